The van der Waals surface area contributed by atoms with E-state index in [1.807, 2.05) is 57.1 Å². The van der Waals surface area contributed by atoms with Gasteiger partial charge in [-0.1, -0.05) is 68.4 Å². The SMILES string of the molecule is CC(C)CN(CC(O)[C@H](C)N=[N+]=[N-])S(=O)(=O)c1ccccc1.CN(C)c1cccc2c(S(C)(=O)=O)cccc12. The van der Waals surface area contributed by atoms with Crippen molar-refractivity contribution in [3.05, 3.63) is 77.2 Å². The van der Waals surface area contributed by atoms with E-state index in [2.05, 4.69) is 10.0 Å². The number of aliphatic hydroxyl groups excluding tert-OH is 1. The molecule has 12 heteroatoms. The number of nitrogens with zero attached hydrogens (tertiary/aromatic N) is 5. The third-order valence-electron chi connectivity index (χ3n) is 5.87. The summed E-state index contributed by atoms with van der Waals surface area (Å²) < 4.78 is 50.1. The first kappa shape index (κ1) is 32.1. The maximum absolute atomic E-state index is 12.7. The largest absolute Gasteiger partial charge is 0.391 e. The molecule has 39 heavy (non-hydrogen) atoms. The second-order valence-corrected chi connectivity index (χ2v) is 13.8. The Morgan fingerprint density at radius 1 is 0.872 bits per heavy atom. The van der Waals surface area contributed by atoms with Crippen molar-refractivity contribution in [1.82, 2.24) is 4.31 Å². The zero-order valence-corrected chi connectivity index (χ0v) is 24.8. The van der Waals surface area contributed by atoms with Gasteiger partial charge >= 0.3 is 0 Å². The zero-order valence-electron chi connectivity index (χ0n) is 23.1. The number of hydrogen-bond acceptors (Lipinski definition) is 7. The molecule has 0 heterocycles. The molecule has 212 valence electrons. The van der Waals surface area contributed by atoms with E-state index in [-0.39, 0.29) is 23.9 Å². The van der Waals surface area contributed by atoms with Gasteiger partial charge in [0.15, 0.2) is 9.84 Å². The fourth-order valence-electron chi connectivity index (χ4n) is 3.92. The van der Waals surface area contributed by atoms with Gasteiger partial charge in [-0.2, -0.15) is 4.31 Å². The number of sulfone groups is 1. The van der Waals surface area contributed by atoms with Crippen molar-refractivity contribution in [2.75, 3.05) is 38.3 Å². The molecule has 0 amide bonds. The van der Waals surface area contributed by atoms with Crippen LogP contribution in [0.5, 0.6) is 0 Å². The summed E-state index contributed by atoms with van der Waals surface area (Å²) in [6, 6.07) is 18.5. The molecular weight excluding hydrogens is 538 g/mol. The number of aliphatic hydroxyl groups is 1. The molecule has 10 nitrogen and oxygen atoms in total. The Labute approximate surface area is 231 Å². The Balaban J connectivity index is 0.000000282. The molecule has 3 rings (SSSR count). The molecule has 0 bridgehead atoms. The fraction of sp³-hybridized carbons (Fsp3) is 0.407. The first-order valence-corrected chi connectivity index (χ1v) is 15.7. The Bertz CT molecular complexity index is 1500. The second-order valence-electron chi connectivity index (χ2n) is 9.84. The molecule has 0 aliphatic rings. The van der Waals surface area contributed by atoms with E-state index < -0.39 is 32.0 Å². The van der Waals surface area contributed by atoms with E-state index in [0.29, 0.717) is 4.90 Å². The van der Waals surface area contributed by atoms with Crippen molar-refractivity contribution in [3.8, 4) is 0 Å². The molecule has 3 aromatic rings. The van der Waals surface area contributed by atoms with Gasteiger partial charge in [0.1, 0.15) is 0 Å². The smallest absolute Gasteiger partial charge is 0.243 e. The predicted molar refractivity (Wildman–Crippen MR) is 156 cm³/mol. The van der Waals surface area contributed by atoms with Gasteiger partial charge in [0.05, 0.1) is 21.9 Å². The molecule has 2 atom stereocenters. The molecule has 1 N–H and O–H groups in total. The van der Waals surface area contributed by atoms with Gasteiger partial charge in [-0.15, -0.1) is 0 Å². The van der Waals surface area contributed by atoms with Crippen LogP contribution in [0.3, 0.4) is 0 Å². The Morgan fingerprint density at radius 2 is 1.46 bits per heavy atom. The van der Waals surface area contributed by atoms with Crippen LogP contribution in [0.15, 0.2) is 81.6 Å². The van der Waals surface area contributed by atoms with E-state index in [0.717, 1.165) is 16.5 Å². The van der Waals surface area contributed by atoms with Crippen LogP contribution in [0.4, 0.5) is 5.69 Å². The second kappa shape index (κ2) is 13.8. The molecular formula is C27H37N5O5S2. The monoisotopic (exact) mass is 575 g/mol. The van der Waals surface area contributed by atoms with Gasteiger partial charge in [-0.05, 0) is 35.7 Å². The van der Waals surface area contributed by atoms with Crippen molar-refractivity contribution in [3.63, 3.8) is 0 Å². The third kappa shape index (κ3) is 8.67. The maximum Gasteiger partial charge on any atom is 0.243 e. The van der Waals surface area contributed by atoms with E-state index in [1.165, 1.54) is 22.7 Å². The fourth-order valence-corrected chi connectivity index (χ4v) is 6.46. The molecule has 1 unspecified atom stereocenters. The Kier molecular flexibility index (Phi) is 11.3. The molecule has 0 aliphatic carbocycles. The van der Waals surface area contributed by atoms with Crippen molar-refractivity contribution in [2.24, 2.45) is 11.0 Å². The summed E-state index contributed by atoms with van der Waals surface area (Å²) in [6.07, 6.45) is 0.178. The first-order chi connectivity index (χ1) is 18.2. The van der Waals surface area contributed by atoms with E-state index in [9.17, 15) is 21.9 Å². The lowest BCUT2D eigenvalue weighted by atomic mass is 10.1. The van der Waals surface area contributed by atoms with E-state index in [4.69, 9.17) is 5.53 Å². The maximum atomic E-state index is 12.7. The van der Waals surface area contributed by atoms with Gasteiger partial charge in [-0.3, -0.25) is 0 Å². The zero-order chi connectivity index (χ0) is 29.4. The number of hydrogen-bond donors (Lipinski definition) is 1. The molecule has 0 spiro atoms. The van der Waals surface area contributed by atoms with Gasteiger partial charge in [-0.25, -0.2) is 16.8 Å². The van der Waals surface area contributed by atoms with Crippen LogP contribution in [0.2, 0.25) is 0 Å². The minimum atomic E-state index is -3.70. The number of benzene rings is 3. The molecule has 0 saturated heterocycles. The highest BCUT2D eigenvalue weighted by Crippen LogP contribution is 2.30. The summed E-state index contributed by atoms with van der Waals surface area (Å²) in [6.45, 7) is 5.51. The lowest BCUT2D eigenvalue weighted by molar-refractivity contribution is 0.122. The minimum Gasteiger partial charge on any atom is -0.391 e. The summed E-state index contributed by atoms with van der Waals surface area (Å²) in [4.78, 5) is 5.19. The molecule has 0 fully saturated rings. The number of rotatable bonds is 10. The first-order valence-electron chi connectivity index (χ1n) is 12.4. The summed E-state index contributed by atoms with van der Waals surface area (Å²) in [7, 11) is -3.00. The Morgan fingerprint density at radius 3 is 2.00 bits per heavy atom. The average molecular weight is 576 g/mol. The average Bonchev–Trinajstić information content (AvgIpc) is 2.87. The van der Waals surface area contributed by atoms with Crippen molar-refractivity contribution in [2.45, 2.75) is 42.7 Å². The predicted octanol–water partition coefficient (Wildman–Crippen LogP) is 4.70. The number of sulfonamides is 1. The summed E-state index contributed by atoms with van der Waals surface area (Å²) in [5.74, 6) is 0.0976. The highest BCUT2D eigenvalue weighted by Gasteiger charge is 2.28. The number of anilines is 1. The van der Waals surface area contributed by atoms with Crippen LogP contribution in [-0.4, -0.2) is 71.8 Å². The molecule has 0 radical (unpaired) electrons. The van der Waals surface area contributed by atoms with Gasteiger partial charge < -0.3 is 10.0 Å². The lowest BCUT2D eigenvalue weighted by Crippen LogP contribution is -2.42. The van der Waals surface area contributed by atoms with Gasteiger partial charge in [0, 0.05) is 54.8 Å². The van der Waals surface area contributed by atoms with Crippen molar-refractivity contribution in [1.29, 1.82) is 0 Å². The summed E-state index contributed by atoms with van der Waals surface area (Å²) in [5, 5.41) is 15.2. The molecule has 0 aliphatic heterocycles. The number of azide groups is 1. The van der Waals surface area contributed by atoms with Gasteiger partial charge in [0.25, 0.3) is 0 Å². The van der Waals surface area contributed by atoms with E-state index in [1.54, 1.807) is 37.3 Å². The minimum absolute atomic E-state index is 0.0976. The third-order valence-corrected chi connectivity index (χ3v) is 8.87. The standard InChI is InChI=1S/C14H22N4O3S.C13H15NO2S/c1-11(2)9-18(10-14(19)12(3)16-17-15)22(20,21)13-7-5-4-6-8-13;1-14(2)12-8-4-7-11-10(12)6-5-9-13(11)17(3,15)16/h4-8,11-12,14,19H,9-10H2,1-3H3;4-9H,1-3H3/t12-,14?;/m0./s1. The van der Waals surface area contributed by atoms with Crippen molar-refractivity contribution < 1.29 is 21.9 Å². The van der Waals surface area contributed by atoms with Crippen LogP contribution in [0, 0.1) is 5.92 Å². The quantitative estimate of drug-likeness (QED) is 0.211. The highest BCUT2D eigenvalue weighted by molar-refractivity contribution is 7.91. The highest BCUT2D eigenvalue weighted by atomic mass is 32.2. The van der Waals surface area contributed by atoms with Gasteiger partial charge in [0.2, 0.25) is 10.0 Å². The van der Waals surface area contributed by atoms with Crippen LogP contribution in [-0.2, 0) is 19.9 Å². The molecule has 0 saturated carbocycles. The Hall–Kier alpha value is -3.15. The van der Waals surface area contributed by atoms with Crippen molar-refractivity contribution >= 4 is 36.3 Å². The van der Waals surface area contributed by atoms with Crippen LogP contribution in [0.1, 0.15) is 20.8 Å². The lowest BCUT2D eigenvalue weighted by Gasteiger charge is -2.27. The number of fused-ring (bicyclic) bond motifs is 1. The molecule has 0 aromatic heterocycles. The topological polar surface area (TPSA) is 144 Å². The summed E-state index contributed by atoms with van der Waals surface area (Å²) >= 11 is 0. The van der Waals surface area contributed by atoms with E-state index >= 15 is 0 Å². The summed E-state index contributed by atoms with van der Waals surface area (Å²) in [5.41, 5.74) is 9.44. The van der Waals surface area contributed by atoms with Crippen LogP contribution >= 0.6 is 0 Å². The molecule has 3 aromatic carbocycles. The van der Waals surface area contributed by atoms with Crippen LogP contribution in [0.25, 0.3) is 21.2 Å². The van der Waals surface area contributed by atoms with Crippen LogP contribution < -0.4 is 4.90 Å². The normalized spacial score (nSPS) is 13.4.